The third-order valence-corrected chi connectivity index (χ3v) is 4.33. The van der Waals surface area contributed by atoms with Gasteiger partial charge in [0.15, 0.2) is 0 Å². The topological polar surface area (TPSA) is 151 Å². The van der Waals surface area contributed by atoms with Crippen molar-refractivity contribution in [3.05, 3.63) is 34.4 Å². The van der Waals surface area contributed by atoms with Crippen LogP contribution in [0.1, 0.15) is 12.8 Å². The number of hydrogen-bond donors (Lipinski definition) is 1. The number of fused-ring (bicyclic) bond motifs is 1. The lowest BCUT2D eigenvalue weighted by molar-refractivity contribution is -0.151. The second-order valence-electron chi connectivity index (χ2n) is 5.82. The Morgan fingerprint density at radius 3 is 2.81 bits per heavy atom. The van der Waals surface area contributed by atoms with Gasteiger partial charge in [0.2, 0.25) is 23.6 Å². The monoisotopic (exact) mass is 361 g/mol. The van der Waals surface area contributed by atoms with Gasteiger partial charge in [-0.1, -0.05) is 12.2 Å². The van der Waals surface area contributed by atoms with Crippen LogP contribution in [-0.4, -0.2) is 47.8 Å². The minimum atomic E-state index is -0.999. The average Bonchev–Trinajstić information content (AvgIpc) is 2.87. The van der Waals surface area contributed by atoms with E-state index in [-0.39, 0.29) is 31.8 Å². The first kappa shape index (κ1) is 17.5. The van der Waals surface area contributed by atoms with Crippen molar-refractivity contribution in [2.45, 2.75) is 18.9 Å². The van der Waals surface area contributed by atoms with Gasteiger partial charge in [0.05, 0.1) is 5.92 Å². The summed E-state index contributed by atoms with van der Waals surface area (Å²) in [6.07, 6.45) is 4.91. The van der Waals surface area contributed by atoms with E-state index in [2.05, 4.69) is 20.3 Å². The first-order valence-electron chi connectivity index (χ1n) is 7.92. The zero-order valence-electron chi connectivity index (χ0n) is 13.5. The SMILES string of the molecule is [N-]=[N+]=NOCCOC1=CC=CC2C(=O)N(C3CCC(=O)NC3=O)C(=O)C12. The van der Waals surface area contributed by atoms with E-state index in [4.69, 9.17) is 10.3 Å². The van der Waals surface area contributed by atoms with Gasteiger partial charge in [-0.25, -0.2) is 0 Å². The summed E-state index contributed by atoms with van der Waals surface area (Å²) in [5.74, 6) is -3.46. The Bertz CT molecular complexity index is 768. The van der Waals surface area contributed by atoms with Gasteiger partial charge in [-0.05, 0) is 18.0 Å². The second-order valence-corrected chi connectivity index (χ2v) is 5.82. The fourth-order valence-corrected chi connectivity index (χ4v) is 3.22. The van der Waals surface area contributed by atoms with E-state index in [1.165, 1.54) is 0 Å². The highest BCUT2D eigenvalue weighted by atomic mass is 16.6. The quantitative estimate of drug-likeness (QED) is 0.177. The molecular weight excluding hydrogens is 346 g/mol. The third kappa shape index (κ3) is 3.11. The van der Waals surface area contributed by atoms with Gasteiger partial charge < -0.3 is 9.57 Å². The number of hydrogen-bond acceptors (Lipinski definition) is 7. The van der Waals surface area contributed by atoms with Crippen LogP contribution in [0.25, 0.3) is 10.4 Å². The van der Waals surface area contributed by atoms with E-state index in [0.717, 1.165) is 4.90 Å². The predicted molar refractivity (Wildman–Crippen MR) is 83.3 cm³/mol. The Morgan fingerprint density at radius 2 is 2.08 bits per heavy atom. The Kier molecular flexibility index (Phi) is 4.90. The Morgan fingerprint density at radius 1 is 1.27 bits per heavy atom. The summed E-state index contributed by atoms with van der Waals surface area (Å²) in [4.78, 5) is 56.7. The van der Waals surface area contributed by atoms with Gasteiger partial charge >= 0.3 is 0 Å². The van der Waals surface area contributed by atoms with Crippen molar-refractivity contribution in [3.8, 4) is 0 Å². The molecule has 3 unspecified atom stereocenters. The summed E-state index contributed by atoms with van der Waals surface area (Å²) in [6, 6.07) is -0.999. The molecule has 1 N–H and O–H groups in total. The normalized spacial score (nSPS) is 27.5. The smallest absolute Gasteiger partial charge is 0.249 e. The molecule has 0 saturated carbocycles. The highest BCUT2D eigenvalue weighted by Gasteiger charge is 2.53. The van der Waals surface area contributed by atoms with Crippen LogP contribution < -0.4 is 5.32 Å². The largest absolute Gasteiger partial charge is 0.493 e. The van der Waals surface area contributed by atoms with Gasteiger partial charge in [-0.15, -0.1) is 0 Å². The first-order valence-corrected chi connectivity index (χ1v) is 7.92. The van der Waals surface area contributed by atoms with Crippen molar-refractivity contribution < 1.29 is 28.8 Å². The van der Waals surface area contributed by atoms with Crippen LogP contribution in [0.3, 0.4) is 0 Å². The molecule has 26 heavy (non-hydrogen) atoms. The summed E-state index contributed by atoms with van der Waals surface area (Å²) < 4.78 is 5.49. The van der Waals surface area contributed by atoms with Gasteiger partial charge in [-0.3, -0.25) is 29.4 Å². The molecule has 11 nitrogen and oxygen atoms in total. The minimum absolute atomic E-state index is 0.0157. The van der Waals surface area contributed by atoms with Crippen LogP contribution in [0.4, 0.5) is 0 Å². The summed E-state index contributed by atoms with van der Waals surface area (Å²) in [5.41, 5.74) is 8.12. The van der Waals surface area contributed by atoms with E-state index >= 15 is 0 Å². The number of imide groups is 2. The molecule has 2 heterocycles. The molecule has 2 aliphatic heterocycles. The van der Waals surface area contributed by atoms with Crippen LogP contribution in [0.5, 0.6) is 0 Å². The van der Waals surface area contributed by atoms with E-state index in [1.807, 2.05) is 0 Å². The maximum Gasteiger partial charge on any atom is 0.249 e. The molecule has 1 aliphatic carbocycles. The molecule has 2 saturated heterocycles. The van der Waals surface area contributed by atoms with Gasteiger partial charge in [0, 0.05) is 11.3 Å². The van der Waals surface area contributed by atoms with Crippen molar-refractivity contribution in [1.29, 1.82) is 0 Å². The lowest BCUT2D eigenvalue weighted by atomic mass is 9.89. The van der Waals surface area contributed by atoms with Crippen LogP contribution in [-0.2, 0) is 28.8 Å². The lowest BCUT2D eigenvalue weighted by Crippen LogP contribution is -2.54. The molecule has 0 aromatic heterocycles. The molecule has 11 heteroatoms. The molecule has 3 rings (SSSR count). The van der Waals surface area contributed by atoms with Crippen LogP contribution in [0, 0.1) is 11.8 Å². The Balaban J connectivity index is 1.73. The first-order chi connectivity index (χ1) is 12.5. The molecule has 0 aromatic rings. The van der Waals surface area contributed by atoms with Gasteiger partial charge in [0.25, 0.3) is 0 Å². The molecule has 0 bridgehead atoms. The number of allylic oxidation sites excluding steroid dienone is 2. The van der Waals surface area contributed by atoms with E-state index in [9.17, 15) is 19.2 Å². The van der Waals surface area contributed by atoms with Crippen molar-refractivity contribution in [2.24, 2.45) is 17.1 Å². The fourth-order valence-electron chi connectivity index (χ4n) is 3.22. The molecule has 2 fully saturated rings. The van der Waals surface area contributed by atoms with Crippen LogP contribution in [0.2, 0.25) is 0 Å². The summed E-state index contributed by atoms with van der Waals surface area (Å²) >= 11 is 0. The molecule has 3 atom stereocenters. The van der Waals surface area contributed by atoms with Crippen LogP contribution in [0.15, 0.2) is 29.3 Å². The molecule has 0 spiro atoms. The highest BCUT2D eigenvalue weighted by Crippen LogP contribution is 2.38. The third-order valence-electron chi connectivity index (χ3n) is 4.33. The predicted octanol–water partition coefficient (Wildman–Crippen LogP) is 0.105. The molecule has 136 valence electrons. The molecular formula is C15H15N5O6. The zero-order chi connectivity index (χ0) is 18.7. The maximum absolute atomic E-state index is 12.8. The van der Waals surface area contributed by atoms with E-state index in [1.54, 1.807) is 18.2 Å². The van der Waals surface area contributed by atoms with Gasteiger partial charge in [-0.2, -0.15) is 0 Å². The van der Waals surface area contributed by atoms with Crippen molar-refractivity contribution >= 4 is 23.6 Å². The summed E-state index contributed by atoms with van der Waals surface area (Å²) in [6.45, 7) is -0.0106. The van der Waals surface area contributed by atoms with E-state index in [0.29, 0.717) is 0 Å². The van der Waals surface area contributed by atoms with Gasteiger partial charge in [0.1, 0.15) is 36.2 Å². The number of rotatable bonds is 6. The number of amides is 4. The number of piperidine rings is 1. The van der Waals surface area contributed by atoms with Crippen molar-refractivity contribution in [1.82, 2.24) is 10.2 Å². The number of likely N-dealkylation sites (tertiary alicyclic amines) is 1. The number of azide groups is 1. The number of nitrogens with zero attached hydrogens (tertiary/aromatic N) is 4. The van der Waals surface area contributed by atoms with Crippen molar-refractivity contribution in [3.63, 3.8) is 0 Å². The summed E-state index contributed by atoms with van der Waals surface area (Å²) in [7, 11) is 0. The fraction of sp³-hybridized carbons (Fsp3) is 0.467. The number of ether oxygens (including phenoxy) is 1. The number of nitrogens with one attached hydrogen (secondary N) is 1. The molecule has 0 aromatic carbocycles. The minimum Gasteiger partial charge on any atom is -0.493 e. The zero-order valence-corrected chi connectivity index (χ0v) is 13.5. The number of carbonyl (C=O) groups is 4. The van der Waals surface area contributed by atoms with E-state index < -0.39 is 41.5 Å². The second kappa shape index (κ2) is 7.28. The standard InChI is InChI=1S/C15H15N5O6/c16-18-19-26-7-6-25-10-3-1-2-8-12(10)15(24)20(14(8)23)9-4-5-11(21)17-13(9)22/h1-3,8-9,12H,4-7H2,(H,17,21,22). The Hall–Kier alpha value is -3.33. The van der Waals surface area contributed by atoms with Crippen molar-refractivity contribution in [2.75, 3.05) is 13.2 Å². The van der Waals surface area contributed by atoms with Crippen LogP contribution >= 0.6 is 0 Å². The summed E-state index contributed by atoms with van der Waals surface area (Å²) in [5, 5.41) is 5.05. The molecule has 0 radical (unpaired) electrons. The lowest BCUT2D eigenvalue weighted by Gasteiger charge is -2.28. The molecule has 3 aliphatic rings. The number of carbonyl (C=O) groups excluding carboxylic acids is 4. The average molecular weight is 361 g/mol. The molecule has 4 amide bonds. The highest BCUT2D eigenvalue weighted by molar-refractivity contribution is 6.12. The Labute approximate surface area is 147 Å². The maximum atomic E-state index is 12.8.